The molecule has 6 heteroatoms. The predicted octanol–water partition coefficient (Wildman–Crippen LogP) is 5.74. The van der Waals surface area contributed by atoms with Gasteiger partial charge in [0.05, 0.1) is 14.2 Å². The first kappa shape index (κ1) is 30.8. The van der Waals surface area contributed by atoms with Crippen LogP contribution in [0.2, 0.25) is 0 Å². The van der Waals surface area contributed by atoms with Crippen LogP contribution in [0.5, 0.6) is 11.5 Å². The van der Waals surface area contributed by atoms with E-state index in [1.165, 1.54) is 31.2 Å². The Hall–Kier alpha value is -1.43. The van der Waals surface area contributed by atoms with Gasteiger partial charge < -0.3 is 9.47 Å². The molecule has 2 aliphatic rings. The van der Waals surface area contributed by atoms with Crippen molar-refractivity contribution in [2.75, 3.05) is 14.2 Å². The van der Waals surface area contributed by atoms with Gasteiger partial charge in [-0.3, -0.25) is 0 Å². The van der Waals surface area contributed by atoms with E-state index in [4.69, 9.17) is 23.4 Å². The number of hydrogen-bond acceptors (Lipinski definition) is 2. The van der Waals surface area contributed by atoms with Crippen LogP contribution in [0, 0.1) is 31.8 Å². The van der Waals surface area contributed by atoms with E-state index >= 15 is 0 Å². The Labute approximate surface area is 192 Å². The molecule has 0 radical (unpaired) electrons. The van der Waals surface area contributed by atoms with Gasteiger partial charge in [0.25, 0.3) is 0 Å². The third-order valence-corrected chi connectivity index (χ3v) is 6.09. The first-order chi connectivity index (χ1) is 14.0. The van der Waals surface area contributed by atoms with Crippen molar-refractivity contribution in [2.45, 2.75) is 71.1 Å². The van der Waals surface area contributed by atoms with Crippen molar-refractivity contribution >= 4 is 0 Å². The fraction of sp³-hybridized carbons (Fsp3) is 0.625. The minimum atomic E-state index is 0. The average molecular weight is 453 g/mol. The molecule has 5 nitrogen and oxygen atoms in total. The molecule has 3 rings (SSSR count). The molecule has 0 saturated carbocycles. The molecule has 0 heterocycles. The first-order valence-electron chi connectivity index (χ1n) is 9.87. The minimum absolute atomic E-state index is 0. The van der Waals surface area contributed by atoms with E-state index in [0.29, 0.717) is 17.8 Å². The third kappa shape index (κ3) is 6.53. The standard InChI is InChI=1S/C21H32O2.3CO.Cr/c1-12(2)9-15-10-14(4)16-8-7-13(3)19-20(16)17(15)11-18(22-5)21(19)23-6;3*1-2;/h11-16H,7-10H2,1-6H3;;;;/t13-,14+,15+,16-;;;;/m1..../s1. The maximum Gasteiger partial charge on any atom is 0 e. The van der Waals surface area contributed by atoms with Gasteiger partial charge in [0.2, 0.25) is 0 Å². The molecule has 0 aliphatic heterocycles. The Balaban J connectivity index is 0. The van der Waals surface area contributed by atoms with Crippen molar-refractivity contribution in [3.05, 3.63) is 42.7 Å². The molecule has 0 N–H and O–H groups in total. The summed E-state index contributed by atoms with van der Waals surface area (Å²) in [6.07, 6.45) is 5.18. The molecule has 2 aliphatic carbocycles. The largest absolute Gasteiger partial charge is 0 e. The second-order valence-corrected chi connectivity index (χ2v) is 8.15. The number of hydrogen-bond donors (Lipinski definition) is 0. The maximum atomic E-state index is 7.50. The van der Waals surface area contributed by atoms with E-state index in [1.54, 1.807) is 25.3 Å². The monoisotopic (exact) mass is 452 g/mol. The van der Waals surface area contributed by atoms with Crippen LogP contribution in [0.15, 0.2) is 6.07 Å². The second-order valence-electron chi connectivity index (χ2n) is 8.15. The van der Waals surface area contributed by atoms with Crippen molar-refractivity contribution in [1.82, 2.24) is 0 Å². The molecule has 0 fully saturated rings. The fourth-order valence-electron chi connectivity index (χ4n) is 5.12. The summed E-state index contributed by atoms with van der Waals surface area (Å²) < 4.78 is 34.0. The normalized spacial score (nSPS) is 22.7. The topological polar surface area (TPSA) is 78.2 Å². The van der Waals surface area contributed by atoms with Crippen LogP contribution in [-0.4, -0.2) is 14.2 Å². The van der Waals surface area contributed by atoms with E-state index < -0.39 is 0 Å². The summed E-state index contributed by atoms with van der Waals surface area (Å²) in [5.41, 5.74) is 4.62. The molecule has 164 valence electrons. The van der Waals surface area contributed by atoms with Gasteiger partial charge in [-0.2, -0.15) is 0 Å². The van der Waals surface area contributed by atoms with Crippen molar-refractivity contribution in [2.24, 2.45) is 11.8 Å². The Kier molecular flexibility index (Phi) is 15.8. The van der Waals surface area contributed by atoms with Crippen LogP contribution in [0.1, 0.15) is 87.8 Å². The summed E-state index contributed by atoms with van der Waals surface area (Å²) >= 11 is 0. The van der Waals surface area contributed by atoms with E-state index in [9.17, 15) is 0 Å². The van der Waals surface area contributed by atoms with Gasteiger partial charge >= 0.3 is 33.9 Å². The molecular formula is C24H32CrO5. The molecule has 1 aromatic carbocycles. The number of rotatable bonds is 4. The first-order valence-corrected chi connectivity index (χ1v) is 9.87. The van der Waals surface area contributed by atoms with Gasteiger partial charge in [-0.25, -0.2) is 0 Å². The average Bonchev–Trinajstić information content (AvgIpc) is 2.75. The SMILES string of the molecule is COc1cc2c3c(c1OC)[C@H](C)CC[C@@H]3[C@@H](C)C[C@@H]2CC(C)C.[C-]#[O+].[C-]#[O+].[C-]#[O+].[Cr]. The zero-order valence-corrected chi connectivity index (χ0v) is 20.0. The molecule has 0 amide bonds. The molecule has 0 saturated heterocycles. The molecule has 4 atom stereocenters. The Morgan fingerprint density at radius 3 is 2.00 bits per heavy atom. The Morgan fingerprint density at radius 2 is 1.53 bits per heavy atom. The van der Waals surface area contributed by atoms with Gasteiger partial charge in [0, 0.05) is 22.9 Å². The van der Waals surface area contributed by atoms with Crippen molar-refractivity contribution in [3.63, 3.8) is 0 Å². The second kappa shape index (κ2) is 15.4. The molecule has 0 unspecified atom stereocenters. The van der Waals surface area contributed by atoms with Crippen LogP contribution < -0.4 is 9.47 Å². The minimum Gasteiger partial charge on any atom is 0 e. The molecular weight excluding hydrogens is 420 g/mol. The van der Waals surface area contributed by atoms with Gasteiger partial charge in [-0.05, 0) is 72.5 Å². The zero-order chi connectivity index (χ0) is 22.7. The van der Waals surface area contributed by atoms with Crippen LogP contribution >= 0.6 is 0 Å². The molecule has 0 bridgehead atoms. The van der Waals surface area contributed by atoms with Crippen molar-refractivity contribution in [3.8, 4) is 11.5 Å². The van der Waals surface area contributed by atoms with Gasteiger partial charge in [-0.15, -0.1) is 0 Å². The van der Waals surface area contributed by atoms with E-state index in [0.717, 1.165) is 23.3 Å². The fourth-order valence-corrected chi connectivity index (χ4v) is 5.12. The van der Waals surface area contributed by atoms with Crippen LogP contribution in [0.3, 0.4) is 0 Å². The van der Waals surface area contributed by atoms with E-state index in [2.05, 4.69) is 53.7 Å². The third-order valence-electron chi connectivity index (χ3n) is 6.09. The Morgan fingerprint density at radius 1 is 0.967 bits per heavy atom. The summed E-state index contributed by atoms with van der Waals surface area (Å²) in [4.78, 5) is 0. The maximum absolute atomic E-state index is 7.50. The molecule has 1 aromatic rings. The van der Waals surface area contributed by atoms with Gasteiger partial charge in [-0.1, -0.05) is 27.7 Å². The predicted molar refractivity (Wildman–Crippen MR) is 108 cm³/mol. The van der Waals surface area contributed by atoms with Crippen molar-refractivity contribution in [1.29, 1.82) is 0 Å². The number of methoxy groups -OCH3 is 2. The summed E-state index contributed by atoms with van der Waals surface area (Å²) in [6, 6.07) is 2.29. The molecule has 0 spiro atoms. The summed E-state index contributed by atoms with van der Waals surface area (Å²) in [5, 5.41) is 0. The van der Waals surface area contributed by atoms with Crippen LogP contribution in [0.25, 0.3) is 0 Å². The van der Waals surface area contributed by atoms with Crippen LogP contribution in [-0.2, 0) is 31.3 Å². The van der Waals surface area contributed by atoms with Gasteiger partial charge in [0.15, 0.2) is 11.5 Å². The van der Waals surface area contributed by atoms with E-state index in [1.807, 2.05) is 0 Å². The summed E-state index contributed by atoms with van der Waals surface area (Å²) in [6.45, 7) is 23.0. The van der Waals surface area contributed by atoms with E-state index in [-0.39, 0.29) is 17.4 Å². The number of benzene rings is 1. The molecule has 0 aromatic heterocycles. The number of ether oxygens (including phenoxy) is 2. The smallest absolute Gasteiger partial charge is 0 e. The zero-order valence-electron chi connectivity index (χ0n) is 18.7. The summed E-state index contributed by atoms with van der Waals surface area (Å²) in [5.74, 6) is 5.36. The van der Waals surface area contributed by atoms with Crippen LogP contribution in [0.4, 0.5) is 0 Å². The summed E-state index contributed by atoms with van der Waals surface area (Å²) in [7, 11) is 3.56. The van der Waals surface area contributed by atoms with Crippen molar-refractivity contribution < 1.29 is 40.8 Å². The quantitative estimate of drug-likeness (QED) is 0.431. The van der Waals surface area contributed by atoms with Gasteiger partial charge in [0.1, 0.15) is 0 Å². The Bertz CT molecular complexity index is 694. The molecule has 30 heavy (non-hydrogen) atoms.